The van der Waals surface area contributed by atoms with Crippen LogP contribution in [0.3, 0.4) is 0 Å². The van der Waals surface area contributed by atoms with Crippen molar-refractivity contribution in [2.45, 2.75) is 51.9 Å². The highest BCUT2D eigenvalue weighted by Gasteiger charge is 2.14. The van der Waals surface area contributed by atoms with Gasteiger partial charge in [-0.2, -0.15) is 0 Å². The lowest BCUT2D eigenvalue weighted by Crippen LogP contribution is -2.39. The first kappa shape index (κ1) is 19.0. The minimum atomic E-state index is 0. The smallest absolute Gasteiger partial charge is 0.191 e. The molecule has 0 aliphatic carbocycles. The largest absolute Gasteiger partial charge is 0.370 e. The molecule has 124 valence electrons. The Morgan fingerprint density at radius 1 is 0.952 bits per heavy atom. The van der Waals surface area contributed by atoms with Crippen molar-refractivity contribution in [3.05, 3.63) is 0 Å². The van der Waals surface area contributed by atoms with Crippen LogP contribution in [0.25, 0.3) is 0 Å². The van der Waals surface area contributed by atoms with Crippen LogP contribution in [0.2, 0.25) is 0 Å². The SMILES string of the molecule is CC(CN=C(N)N1CCCCCC1)CN1CCCCC1.I. The van der Waals surface area contributed by atoms with E-state index in [1.165, 1.54) is 64.6 Å². The van der Waals surface area contributed by atoms with Crippen molar-refractivity contribution >= 4 is 29.9 Å². The maximum absolute atomic E-state index is 6.16. The van der Waals surface area contributed by atoms with Crippen molar-refractivity contribution in [2.75, 3.05) is 39.3 Å². The van der Waals surface area contributed by atoms with Crippen LogP contribution >= 0.6 is 24.0 Å². The van der Waals surface area contributed by atoms with Crippen LogP contribution in [0.15, 0.2) is 4.99 Å². The Morgan fingerprint density at radius 2 is 1.48 bits per heavy atom. The predicted octanol–water partition coefficient (Wildman–Crippen LogP) is 2.92. The fourth-order valence-electron chi connectivity index (χ4n) is 3.29. The number of guanidine groups is 1. The molecule has 0 spiro atoms. The number of aliphatic imine (C=N–C) groups is 1. The number of hydrogen-bond acceptors (Lipinski definition) is 2. The average molecular weight is 408 g/mol. The zero-order valence-corrected chi connectivity index (χ0v) is 15.9. The summed E-state index contributed by atoms with van der Waals surface area (Å²) < 4.78 is 0. The highest BCUT2D eigenvalue weighted by molar-refractivity contribution is 14.0. The third kappa shape index (κ3) is 7.17. The zero-order valence-electron chi connectivity index (χ0n) is 13.6. The molecular weight excluding hydrogens is 375 g/mol. The molecule has 5 heteroatoms. The molecule has 2 heterocycles. The molecule has 0 aromatic heterocycles. The van der Waals surface area contributed by atoms with Gasteiger partial charge in [-0.15, -0.1) is 24.0 Å². The summed E-state index contributed by atoms with van der Waals surface area (Å²) in [5, 5.41) is 0. The second-order valence-corrected chi connectivity index (χ2v) is 6.57. The van der Waals surface area contributed by atoms with Crippen molar-refractivity contribution in [1.82, 2.24) is 9.80 Å². The Balaban J connectivity index is 0.00000220. The molecule has 2 N–H and O–H groups in total. The van der Waals surface area contributed by atoms with Gasteiger partial charge in [0, 0.05) is 26.2 Å². The molecule has 2 aliphatic rings. The highest BCUT2D eigenvalue weighted by Crippen LogP contribution is 2.12. The quantitative estimate of drug-likeness (QED) is 0.442. The summed E-state index contributed by atoms with van der Waals surface area (Å²) in [5.41, 5.74) is 6.16. The van der Waals surface area contributed by atoms with Gasteiger partial charge < -0.3 is 15.5 Å². The van der Waals surface area contributed by atoms with Crippen molar-refractivity contribution in [1.29, 1.82) is 0 Å². The number of rotatable bonds is 4. The molecule has 2 rings (SSSR count). The summed E-state index contributed by atoms with van der Waals surface area (Å²) in [7, 11) is 0. The van der Waals surface area contributed by atoms with E-state index < -0.39 is 0 Å². The predicted molar refractivity (Wildman–Crippen MR) is 101 cm³/mol. The molecule has 0 radical (unpaired) electrons. The molecule has 2 aliphatic heterocycles. The van der Waals surface area contributed by atoms with E-state index in [-0.39, 0.29) is 24.0 Å². The van der Waals surface area contributed by atoms with Crippen LogP contribution in [-0.2, 0) is 0 Å². The number of nitrogens with two attached hydrogens (primary N) is 1. The molecule has 0 bridgehead atoms. The van der Waals surface area contributed by atoms with E-state index in [0.717, 1.165) is 25.6 Å². The fourth-order valence-corrected chi connectivity index (χ4v) is 3.29. The molecule has 0 aromatic rings. The zero-order chi connectivity index (χ0) is 14.2. The van der Waals surface area contributed by atoms with E-state index in [4.69, 9.17) is 5.73 Å². The minimum absolute atomic E-state index is 0. The molecule has 0 amide bonds. The third-order valence-electron chi connectivity index (χ3n) is 4.51. The van der Waals surface area contributed by atoms with E-state index in [2.05, 4.69) is 21.7 Å². The Bertz CT molecular complexity index is 295. The van der Waals surface area contributed by atoms with Gasteiger partial charge in [-0.25, -0.2) is 0 Å². The van der Waals surface area contributed by atoms with Crippen molar-refractivity contribution < 1.29 is 0 Å². The van der Waals surface area contributed by atoms with Gasteiger partial charge >= 0.3 is 0 Å². The molecule has 2 fully saturated rings. The number of likely N-dealkylation sites (tertiary alicyclic amines) is 2. The van der Waals surface area contributed by atoms with Gasteiger partial charge in [-0.05, 0) is 44.7 Å². The van der Waals surface area contributed by atoms with Gasteiger partial charge in [0.05, 0.1) is 0 Å². The van der Waals surface area contributed by atoms with Crippen molar-refractivity contribution in [3.8, 4) is 0 Å². The van der Waals surface area contributed by atoms with E-state index in [0.29, 0.717) is 5.92 Å². The number of nitrogens with zero attached hydrogens (tertiary/aromatic N) is 3. The minimum Gasteiger partial charge on any atom is -0.370 e. The summed E-state index contributed by atoms with van der Waals surface area (Å²) in [6, 6.07) is 0. The van der Waals surface area contributed by atoms with Gasteiger partial charge in [-0.1, -0.05) is 26.2 Å². The van der Waals surface area contributed by atoms with Gasteiger partial charge in [0.25, 0.3) is 0 Å². The monoisotopic (exact) mass is 408 g/mol. The number of piperidine rings is 1. The Hall–Kier alpha value is -0.0400. The molecule has 2 saturated heterocycles. The topological polar surface area (TPSA) is 44.9 Å². The molecule has 1 atom stereocenters. The van der Waals surface area contributed by atoms with E-state index >= 15 is 0 Å². The lowest BCUT2D eigenvalue weighted by Gasteiger charge is -2.28. The fraction of sp³-hybridized carbons (Fsp3) is 0.938. The maximum Gasteiger partial charge on any atom is 0.191 e. The normalized spacial score (nSPS) is 23.3. The summed E-state index contributed by atoms with van der Waals surface area (Å²) in [4.78, 5) is 9.52. The first-order valence-electron chi connectivity index (χ1n) is 8.53. The summed E-state index contributed by atoms with van der Waals surface area (Å²) in [5.74, 6) is 1.39. The van der Waals surface area contributed by atoms with Gasteiger partial charge in [0.2, 0.25) is 0 Å². The average Bonchev–Trinajstić information content (AvgIpc) is 2.75. The Morgan fingerprint density at radius 3 is 2.10 bits per heavy atom. The van der Waals surface area contributed by atoms with E-state index in [9.17, 15) is 0 Å². The molecule has 21 heavy (non-hydrogen) atoms. The molecule has 1 unspecified atom stereocenters. The Labute approximate surface area is 147 Å². The molecule has 0 aromatic carbocycles. The Kier molecular flexibility index (Phi) is 9.64. The first-order valence-corrected chi connectivity index (χ1v) is 8.53. The van der Waals surface area contributed by atoms with E-state index in [1.54, 1.807) is 0 Å². The maximum atomic E-state index is 6.16. The second kappa shape index (κ2) is 10.6. The van der Waals surface area contributed by atoms with Crippen LogP contribution in [0.4, 0.5) is 0 Å². The second-order valence-electron chi connectivity index (χ2n) is 6.57. The van der Waals surface area contributed by atoms with Crippen LogP contribution < -0.4 is 5.73 Å². The summed E-state index contributed by atoms with van der Waals surface area (Å²) in [6.07, 6.45) is 9.35. The van der Waals surface area contributed by atoms with Crippen LogP contribution in [0, 0.1) is 5.92 Å². The number of hydrogen-bond donors (Lipinski definition) is 1. The summed E-state index contributed by atoms with van der Waals surface area (Å²) in [6.45, 7) is 9.08. The van der Waals surface area contributed by atoms with Gasteiger partial charge in [0.1, 0.15) is 0 Å². The number of halogens is 1. The van der Waals surface area contributed by atoms with Crippen LogP contribution in [0.5, 0.6) is 0 Å². The third-order valence-corrected chi connectivity index (χ3v) is 4.51. The first-order chi connectivity index (χ1) is 9.75. The van der Waals surface area contributed by atoms with Crippen molar-refractivity contribution in [2.24, 2.45) is 16.6 Å². The van der Waals surface area contributed by atoms with Crippen LogP contribution in [0.1, 0.15) is 51.9 Å². The molecular formula is C16H33IN4. The van der Waals surface area contributed by atoms with E-state index in [1.807, 2.05) is 0 Å². The standard InChI is InChI=1S/C16H32N4.HI/c1-15(14-19-9-5-4-6-10-19)13-18-16(17)20-11-7-2-3-8-12-20;/h15H,2-14H2,1H3,(H2,17,18);1H. The lowest BCUT2D eigenvalue weighted by molar-refractivity contribution is 0.202. The van der Waals surface area contributed by atoms with Gasteiger partial charge in [-0.3, -0.25) is 4.99 Å². The molecule has 4 nitrogen and oxygen atoms in total. The van der Waals surface area contributed by atoms with Crippen molar-refractivity contribution in [3.63, 3.8) is 0 Å². The lowest BCUT2D eigenvalue weighted by atomic mass is 10.1. The molecule has 0 saturated carbocycles. The summed E-state index contributed by atoms with van der Waals surface area (Å²) >= 11 is 0. The van der Waals surface area contributed by atoms with Crippen LogP contribution in [-0.4, -0.2) is 55.0 Å². The highest BCUT2D eigenvalue weighted by atomic mass is 127. The van der Waals surface area contributed by atoms with Gasteiger partial charge in [0.15, 0.2) is 5.96 Å².